The molecule has 2 fully saturated rings. The molecule has 1 aromatic carbocycles. The summed E-state index contributed by atoms with van der Waals surface area (Å²) < 4.78 is 1.47. The second-order valence-corrected chi connectivity index (χ2v) is 13.0. The Morgan fingerprint density at radius 2 is 1.97 bits per heavy atom. The molecule has 3 atom stereocenters. The molecular formula is C28H33BrCl2N5O3+. The van der Waals surface area contributed by atoms with E-state index in [2.05, 4.69) is 27.4 Å². The number of pyridine rings is 1. The van der Waals surface area contributed by atoms with Crippen molar-refractivity contribution < 1.29 is 14.3 Å². The first-order valence-corrected chi connectivity index (χ1v) is 15.0. The lowest BCUT2D eigenvalue weighted by Crippen LogP contribution is -2.51. The van der Waals surface area contributed by atoms with Crippen LogP contribution in [0.15, 0.2) is 41.3 Å². The molecule has 1 aromatic heterocycles. The first-order valence-electron chi connectivity index (χ1n) is 13.4. The molecule has 2 aliphatic heterocycles. The standard InChI is InChI=1S/C28H33BrCl2N5O3/c1-36(33-7-10-35(38)39)11-6-18(17-36)12-25(37)34-8-4-19(5-9-34)27-26-20(14-23(30)15-24(26)31)2-3-21-13-22(29)16-32-28(21)27/h7,10,13-16,18-19,27,33H,2-6,8-9,11-12,17H2,1H3/q+1. The fourth-order valence-electron chi connectivity index (χ4n) is 6.67. The van der Waals surface area contributed by atoms with Crippen LogP contribution in [-0.2, 0) is 17.6 Å². The molecule has 1 aliphatic carbocycles. The van der Waals surface area contributed by atoms with Gasteiger partial charge in [-0.15, -0.1) is 0 Å². The number of hydrogen-bond acceptors (Lipinski definition) is 5. The minimum atomic E-state index is -0.482. The van der Waals surface area contributed by atoms with E-state index in [4.69, 9.17) is 28.2 Å². The van der Waals surface area contributed by atoms with Crippen molar-refractivity contribution in [3.63, 3.8) is 0 Å². The van der Waals surface area contributed by atoms with Gasteiger partial charge in [-0.25, -0.2) is 10.0 Å². The number of hydrogen-bond donors (Lipinski definition) is 1. The molecule has 3 unspecified atom stereocenters. The Labute approximate surface area is 247 Å². The normalized spacial score (nSPS) is 25.3. The van der Waals surface area contributed by atoms with Gasteiger partial charge in [0, 0.05) is 58.5 Å². The van der Waals surface area contributed by atoms with Crippen molar-refractivity contribution >= 4 is 45.0 Å². The van der Waals surface area contributed by atoms with Crippen molar-refractivity contribution in [2.24, 2.45) is 11.8 Å². The zero-order chi connectivity index (χ0) is 27.7. The molecule has 1 N–H and O–H groups in total. The summed E-state index contributed by atoms with van der Waals surface area (Å²) in [6.07, 6.45) is 9.10. The number of fused-ring (bicyclic) bond motifs is 2. The largest absolute Gasteiger partial charge is 0.343 e. The van der Waals surface area contributed by atoms with Gasteiger partial charge in [0.2, 0.25) is 5.91 Å². The number of nitrogens with one attached hydrogen (secondary N) is 1. The van der Waals surface area contributed by atoms with Crippen LogP contribution >= 0.6 is 39.1 Å². The summed E-state index contributed by atoms with van der Waals surface area (Å²) in [4.78, 5) is 30.3. The Bertz CT molecular complexity index is 1300. The molecular weight excluding hydrogens is 605 g/mol. The number of carbonyl (C=O) groups excluding carboxylic acids is 1. The Morgan fingerprint density at radius 1 is 1.23 bits per heavy atom. The molecule has 2 saturated heterocycles. The summed E-state index contributed by atoms with van der Waals surface area (Å²) in [6, 6.07) is 6.06. The number of rotatable bonds is 6. The highest BCUT2D eigenvalue weighted by molar-refractivity contribution is 9.10. The minimum absolute atomic E-state index is 0.0683. The SMILES string of the molecule is C[N+]1(NC=C[N+](=O)[O-])CCC(CC(=O)N2CCC(C3c4ncc(Br)cc4CCc4cc(Cl)cc(Cl)c43)CC2)C1. The Morgan fingerprint density at radius 3 is 2.72 bits per heavy atom. The van der Waals surface area contributed by atoms with E-state index in [-0.39, 0.29) is 17.7 Å². The molecule has 208 valence electrons. The summed E-state index contributed by atoms with van der Waals surface area (Å²) in [5.74, 6) is 0.838. The van der Waals surface area contributed by atoms with Gasteiger partial charge in [0.15, 0.2) is 0 Å². The van der Waals surface area contributed by atoms with Crippen LogP contribution in [0.5, 0.6) is 0 Å². The molecule has 0 radical (unpaired) electrons. The average molecular weight is 638 g/mol. The van der Waals surface area contributed by atoms with E-state index in [0.717, 1.165) is 80.2 Å². The smallest absolute Gasteiger partial charge is 0.255 e. The predicted octanol–water partition coefficient (Wildman–Crippen LogP) is 5.73. The van der Waals surface area contributed by atoms with E-state index < -0.39 is 4.92 Å². The Balaban J connectivity index is 1.26. The second-order valence-electron chi connectivity index (χ2n) is 11.2. The number of nitrogens with zero attached hydrogens (tertiary/aromatic N) is 4. The molecule has 0 bridgehead atoms. The molecule has 2 aromatic rings. The van der Waals surface area contributed by atoms with Crippen LogP contribution in [0.4, 0.5) is 0 Å². The van der Waals surface area contributed by atoms with Gasteiger partial charge >= 0.3 is 0 Å². The van der Waals surface area contributed by atoms with Crippen LogP contribution in [0.2, 0.25) is 10.0 Å². The summed E-state index contributed by atoms with van der Waals surface area (Å²) >= 11 is 16.8. The van der Waals surface area contributed by atoms with Crippen molar-refractivity contribution in [1.82, 2.24) is 15.3 Å². The van der Waals surface area contributed by atoms with Gasteiger partial charge in [-0.2, -0.15) is 0 Å². The van der Waals surface area contributed by atoms with Crippen molar-refractivity contribution in [2.45, 2.75) is 44.4 Å². The maximum atomic E-state index is 13.3. The average Bonchev–Trinajstić information content (AvgIpc) is 3.16. The molecule has 0 saturated carbocycles. The van der Waals surface area contributed by atoms with Gasteiger partial charge in [-0.05, 0) is 82.4 Å². The zero-order valence-electron chi connectivity index (χ0n) is 21.9. The number of piperidine rings is 1. The van der Waals surface area contributed by atoms with Gasteiger partial charge in [0.25, 0.3) is 6.20 Å². The van der Waals surface area contributed by atoms with E-state index in [9.17, 15) is 14.9 Å². The number of carbonyl (C=O) groups is 1. The maximum absolute atomic E-state index is 13.3. The van der Waals surface area contributed by atoms with Crippen LogP contribution < -0.4 is 5.43 Å². The predicted molar refractivity (Wildman–Crippen MR) is 155 cm³/mol. The van der Waals surface area contributed by atoms with Crippen LogP contribution in [0.1, 0.15) is 54.0 Å². The van der Waals surface area contributed by atoms with E-state index in [1.54, 1.807) is 0 Å². The summed E-state index contributed by atoms with van der Waals surface area (Å²) in [7, 11) is 2.01. The third-order valence-electron chi connectivity index (χ3n) is 8.52. The number of likely N-dealkylation sites (tertiary alicyclic amines) is 2. The lowest BCUT2D eigenvalue weighted by atomic mass is 9.76. The number of benzene rings is 1. The number of halogens is 3. The topological polar surface area (TPSA) is 88.4 Å². The fraction of sp³-hybridized carbons (Fsp3) is 0.500. The first kappa shape index (κ1) is 28.3. The van der Waals surface area contributed by atoms with Crippen LogP contribution in [-0.4, -0.2) is 58.5 Å². The fourth-order valence-corrected chi connectivity index (χ4v) is 7.70. The third kappa shape index (κ3) is 6.42. The molecule has 0 spiro atoms. The van der Waals surface area contributed by atoms with Crippen molar-refractivity contribution in [3.05, 3.63) is 83.8 Å². The highest BCUT2D eigenvalue weighted by Crippen LogP contribution is 2.46. The van der Waals surface area contributed by atoms with Crippen molar-refractivity contribution in [1.29, 1.82) is 0 Å². The second kappa shape index (κ2) is 11.7. The van der Waals surface area contributed by atoms with Gasteiger partial charge in [0.05, 0.1) is 17.7 Å². The molecule has 39 heavy (non-hydrogen) atoms. The van der Waals surface area contributed by atoms with Gasteiger partial charge in [-0.3, -0.25) is 19.9 Å². The Hall–Kier alpha value is -2.20. The molecule has 3 heterocycles. The summed E-state index contributed by atoms with van der Waals surface area (Å²) in [5, 5.41) is 11.9. The van der Waals surface area contributed by atoms with Gasteiger partial charge in [-0.1, -0.05) is 23.2 Å². The van der Waals surface area contributed by atoms with Gasteiger partial charge in [0.1, 0.15) is 19.3 Å². The highest BCUT2D eigenvalue weighted by atomic mass is 79.9. The first-order chi connectivity index (χ1) is 18.6. The number of amides is 1. The quantitative estimate of drug-likeness (QED) is 0.248. The highest BCUT2D eigenvalue weighted by Gasteiger charge is 2.39. The number of aryl methyl sites for hydroxylation is 2. The molecule has 5 rings (SSSR count). The van der Waals surface area contributed by atoms with Crippen molar-refractivity contribution in [3.8, 4) is 0 Å². The third-order valence-corrected chi connectivity index (χ3v) is 9.48. The minimum Gasteiger partial charge on any atom is -0.343 e. The summed E-state index contributed by atoms with van der Waals surface area (Å²) in [5.41, 5.74) is 7.77. The number of aromatic nitrogens is 1. The number of quaternary nitrogens is 1. The van der Waals surface area contributed by atoms with Crippen LogP contribution in [0.25, 0.3) is 0 Å². The maximum Gasteiger partial charge on any atom is 0.255 e. The Kier molecular flexibility index (Phi) is 8.52. The molecule has 3 aliphatic rings. The lowest BCUT2D eigenvalue weighted by Gasteiger charge is -2.37. The van der Waals surface area contributed by atoms with E-state index in [1.165, 1.54) is 17.3 Å². The monoisotopic (exact) mass is 636 g/mol. The molecule has 8 nitrogen and oxygen atoms in total. The molecule has 11 heteroatoms. The van der Waals surface area contributed by atoms with E-state index in [0.29, 0.717) is 27.0 Å². The lowest BCUT2D eigenvalue weighted by molar-refractivity contribution is -0.936. The van der Waals surface area contributed by atoms with E-state index >= 15 is 0 Å². The van der Waals surface area contributed by atoms with Crippen LogP contribution in [0, 0.1) is 22.0 Å². The van der Waals surface area contributed by atoms with Crippen molar-refractivity contribution in [2.75, 3.05) is 33.2 Å². The molecule has 1 amide bonds. The van der Waals surface area contributed by atoms with Gasteiger partial charge < -0.3 is 4.90 Å². The van der Waals surface area contributed by atoms with E-state index in [1.807, 2.05) is 30.3 Å². The van der Waals surface area contributed by atoms with Crippen LogP contribution in [0.3, 0.4) is 0 Å². The number of nitro groups is 1. The zero-order valence-corrected chi connectivity index (χ0v) is 25.0. The summed E-state index contributed by atoms with van der Waals surface area (Å²) in [6.45, 7) is 3.03.